The van der Waals surface area contributed by atoms with E-state index in [4.69, 9.17) is 21.6 Å². The molecule has 6 nitrogen and oxygen atoms in total. The van der Waals surface area contributed by atoms with E-state index >= 15 is 0 Å². The molecular formula is C34H37ClN4O2. The van der Waals surface area contributed by atoms with Crippen molar-refractivity contribution in [2.24, 2.45) is 0 Å². The summed E-state index contributed by atoms with van der Waals surface area (Å²) in [5, 5.41) is 14.6. The highest BCUT2D eigenvalue weighted by Gasteiger charge is 2.29. The first kappa shape index (κ1) is 28.8. The lowest BCUT2D eigenvalue weighted by atomic mass is 10.0. The van der Waals surface area contributed by atoms with Gasteiger partial charge in [0.2, 0.25) is 5.91 Å². The van der Waals surface area contributed by atoms with Crippen molar-refractivity contribution in [2.75, 3.05) is 18.0 Å². The van der Waals surface area contributed by atoms with Gasteiger partial charge < -0.3 is 15.3 Å². The summed E-state index contributed by atoms with van der Waals surface area (Å²) in [4.78, 5) is 24.6. The fourth-order valence-corrected chi connectivity index (χ4v) is 5.31. The lowest BCUT2D eigenvalue weighted by Crippen LogP contribution is -2.34. The number of halogens is 1. The van der Waals surface area contributed by atoms with E-state index in [0.717, 1.165) is 72.7 Å². The SMILES string of the molecule is Cc1ccc(-c2nc3c(nc2-c2ccc(Cl)cc2)C(O)CCN3CCCCCCC(=O)NCc2ccccc2)cc1. The highest BCUT2D eigenvalue weighted by Crippen LogP contribution is 2.38. The van der Waals surface area contributed by atoms with Gasteiger partial charge in [0.05, 0.1) is 11.4 Å². The van der Waals surface area contributed by atoms with Gasteiger partial charge in [0.1, 0.15) is 11.8 Å². The van der Waals surface area contributed by atoms with Crippen LogP contribution in [0.1, 0.15) is 61.4 Å². The standard InChI is InChI=1S/C34H37ClN4O2/c1-24-12-14-26(15-13-24)32-31(27-16-18-28(35)19-17-27)37-33-29(40)20-22-39(34(33)38-32)21-8-3-2-7-11-30(41)36-23-25-9-5-4-6-10-25/h4-6,9-10,12-19,29,40H,2-3,7-8,11,20-23H2,1H3,(H,36,41). The lowest BCUT2D eigenvalue weighted by molar-refractivity contribution is -0.121. The third-order valence-electron chi connectivity index (χ3n) is 7.55. The van der Waals surface area contributed by atoms with Crippen LogP contribution in [-0.2, 0) is 11.3 Å². The van der Waals surface area contributed by atoms with Crippen LogP contribution in [0.2, 0.25) is 5.02 Å². The lowest BCUT2D eigenvalue weighted by Gasteiger charge is -2.33. The summed E-state index contributed by atoms with van der Waals surface area (Å²) in [6.45, 7) is 4.21. The Labute approximate surface area is 247 Å². The number of carbonyl (C=O) groups is 1. The molecule has 0 fully saturated rings. The van der Waals surface area contributed by atoms with Gasteiger partial charge >= 0.3 is 0 Å². The maximum absolute atomic E-state index is 12.2. The first-order valence-electron chi connectivity index (χ1n) is 14.5. The normalized spacial score (nSPS) is 14.5. The summed E-state index contributed by atoms with van der Waals surface area (Å²) < 4.78 is 0. The molecule has 0 aliphatic carbocycles. The van der Waals surface area contributed by atoms with Gasteiger partial charge in [-0.3, -0.25) is 4.79 Å². The van der Waals surface area contributed by atoms with Crippen molar-refractivity contribution >= 4 is 23.3 Å². The molecule has 3 aromatic carbocycles. The van der Waals surface area contributed by atoms with Crippen molar-refractivity contribution in [3.8, 4) is 22.5 Å². The first-order chi connectivity index (χ1) is 20.0. The van der Waals surface area contributed by atoms with E-state index in [1.807, 2.05) is 54.6 Å². The van der Waals surface area contributed by atoms with Gasteiger partial charge in [0, 0.05) is 42.2 Å². The molecule has 4 aromatic rings. The number of anilines is 1. The Morgan fingerprint density at radius 3 is 2.29 bits per heavy atom. The third kappa shape index (κ3) is 7.51. The molecule has 0 saturated carbocycles. The summed E-state index contributed by atoms with van der Waals surface area (Å²) in [7, 11) is 0. The van der Waals surface area contributed by atoms with Gasteiger partial charge in [-0.2, -0.15) is 0 Å². The number of aliphatic hydroxyl groups excluding tert-OH is 1. The summed E-state index contributed by atoms with van der Waals surface area (Å²) in [5.74, 6) is 0.862. The zero-order valence-corrected chi connectivity index (χ0v) is 24.3. The molecule has 7 heteroatoms. The second kappa shape index (κ2) is 13.7. The minimum absolute atomic E-state index is 0.100. The van der Waals surface area contributed by atoms with Gasteiger partial charge in [-0.1, -0.05) is 96.7 Å². The Bertz CT molecular complexity index is 1440. The monoisotopic (exact) mass is 568 g/mol. The number of benzene rings is 3. The molecule has 2 N–H and O–H groups in total. The number of nitrogens with zero attached hydrogens (tertiary/aromatic N) is 3. The van der Waals surface area contributed by atoms with E-state index in [-0.39, 0.29) is 5.91 Å². The van der Waals surface area contributed by atoms with Crippen molar-refractivity contribution in [1.82, 2.24) is 15.3 Å². The number of carbonyl (C=O) groups excluding carboxylic acids is 1. The predicted octanol–water partition coefficient (Wildman–Crippen LogP) is 7.28. The molecular weight excluding hydrogens is 532 g/mol. The van der Waals surface area contributed by atoms with Gasteiger partial charge in [-0.05, 0) is 43.9 Å². The van der Waals surface area contributed by atoms with Gasteiger partial charge in [-0.25, -0.2) is 9.97 Å². The predicted molar refractivity (Wildman–Crippen MR) is 166 cm³/mol. The van der Waals surface area contributed by atoms with Gasteiger partial charge in [0.15, 0.2) is 5.82 Å². The number of amides is 1. The summed E-state index contributed by atoms with van der Waals surface area (Å²) in [6, 6.07) is 25.9. The van der Waals surface area contributed by atoms with E-state index in [1.54, 1.807) is 0 Å². The van der Waals surface area contributed by atoms with Gasteiger partial charge in [0.25, 0.3) is 0 Å². The Morgan fingerprint density at radius 1 is 0.902 bits per heavy atom. The Kier molecular flexibility index (Phi) is 9.65. The minimum atomic E-state index is -0.652. The number of nitrogens with one attached hydrogen (secondary N) is 1. The Hall–Kier alpha value is -3.74. The van der Waals surface area contributed by atoms with E-state index < -0.39 is 6.10 Å². The second-order valence-corrected chi connectivity index (χ2v) is 11.2. The molecule has 0 bridgehead atoms. The van der Waals surface area contributed by atoms with Crippen LogP contribution in [0.15, 0.2) is 78.9 Å². The van der Waals surface area contributed by atoms with Crippen molar-refractivity contribution in [3.63, 3.8) is 0 Å². The number of aryl methyl sites for hydroxylation is 1. The van der Waals surface area contributed by atoms with Crippen LogP contribution in [0.5, 0.6) is 0 Å². The molecule has 1 aliphatic heterocycles. The number of aliphatic hydroxyl groups is 1. The molecule has 1 unspecified atom stereocenters. The van der Waals surface area contributed by atoms with Crippen LogP contribution < -0.4 is 10.2 Å². The highest BCUT2D eigenvalue weighted by molar-refractivity contribution is 6.30. The minimum Gasteiger partial charge on any atom is -0.387 e. The average Bonchev–Trinajstić information content (AvgIpc) is 3.00. The zero-order chi connectivity index (χ0) is 28.6. The number of aromatic nitrogens is 2. The van der Waals surface area contributed by atoms with Crippen LogP contribution in [0.3, 0.4) is 0 Å². The smallest absolute Gasteiger partial charge is 0.220 e. The van der Waals surface area contributed by atoms with E-state index in [1.165, 1.54) is 5.56 Å². The molecule has 212 valence electrons. The number of hydrogen-bond acceptors (Lipinski definition) is 5. The van der Waals surface area contributed by atoms with Gasteiger partial charge in [-0.15, -0.1) is 0 Å². The van der Waals surface area contributed by atoms with Crippen molar-refractivity contribution < 1.29 is 9.90 Å². The van der Waals surface area contributed by atoms with E-state index in [2.05, 4.69) is 41.4 Å². The zero-order valence-electron chi connectivity index (χ0n) is 23.5. The van der Waals surface area contributed by atoms with Crippen LogP contribution >= 0.6 is 11.6 Å². The molecule has 5 rings (SSSR count). The van der Waals surface area contributed by atoms with E-state index in [0.29, 0.717) is 30.1 Å². The first-order valence-corrected chi connectivity index (χ1v) is 14.8. The number of unbranched alkanes of at least 4 members (excludes halogenated alkanes) is 3. The summed E-state index contributed by atoms with van der Waals surface area (Å²) in [5.41, 5.74) is 6.37. The van der Waals surface area contributed by atoms with Crippen molar-refractivity contribution in [3.05, 3.63) is 101 Å². The fraction of sp³-hybridized carbons (Fsp3) is 0.324. The Balaban J connectivity index is 1.23. The Morgan fingerprint density at radius 2 is 1.56 bits per heavy atom. The molecule has 1 amide bonds. The molecule has 1 atom stereocenters. The fourth-order valence-electron chi connectivity index (χ4n) is 5.18. The van der Waals surface area contributed by atoms with Crippen molar-refractivity contribution in [2.45, 2.75) is 58.1 Å². The van der Waals surface area contributed by atoms with Crippen molar-refractivity contribution in [1.29, 1.82) is 0 Å². The number of hydrogen-bond donors (Lipinski definition) is 2. The molecule has 0 spiro atoms. The number of rotatable bonds is 11. The van der Waals surface area contributed by atoms with Crippen LogP contribution in [0.4, 0.5) is 5.82 Å². The maximum atomic E-state index is 12.2. The number of fused-ring (bicyclic) bond motifs is 1. The molecule has 2 heterocycles. The molecule has 41 heavy (non-hydrogen) atoms. The summed E-state index contributed by atoms with van der Waals surface area (Å²) >= 11 is 6.16. The molecule has 0 radical (unpaired) electrons. The second-order valence-electron chi connectivity index (χ2n) is 10.7. The largest absolute Gasteiger partial charge is 0.387 e. The van der Waals surface area contributed by atoms with E-state index in [9.17, 15) is 9.90 Å². The van der Waals surface area contributed by atoms with Crippen LogP contribution in [0, 0.1) is 6.92 Å². The maximum Gasteiger partial charge on any atom is 0.220 e. The molecule has 1 aliphatic rings. The molecule has 1 aromatic heterocycles. The molecule has 0 saturated heterocycles. The quantitative estimate of drug-likeness (QED) is 0.186. The van der Waals surface area contributed by atoms with Crippen LogP contribution in [-0.4, -0.2) is 34.1 Å². The van der Waals surface area contributed by atoms with Crippen LogP contribution in [0.25, 0.3) is 22.5 Å². The highest BCUT2D eigenvalue weighted by atomic mass is 35.5. The summed E-state index contributed by atoms with van der Waals surface area (Å²) in [6.07, 6.45) is 4.40. The topological polar surface area (TPSA) is 78.4 Å². The average molecular weight is 569 g/mol. The third-order valence-corrected chi connectivity index (χ3v) is 7.80.